The molecule has 0 radical (unpaired) electrons. The van der Waals surface area contributed by atoms with Crippen LogP contribution in [0.15, 0.2) is 54.9 Å². The monoisotopic (exact) mass is 388 g/mol. The molecule has 0 saturated carbocycles. The molecule has 4 heterocycles. The van der Waals surface area contributed by atoms with Crippen LogP contribution in [0.1, 0.15) is 5.69 Å². The van der Waals surface area contributed by atoms with E-state index in [4.69, 9.17) is 14.5 Å². The molecule has 8 heteroatoms. The molecule has 5 rings (SSSR count). The van der Waals surface area contributed by atoms with Crippen molar-refractivity contribution in [1.29, 1.82) is 0 Å². The zero-order chi connectivity index (χ0) is 19.5. The van der Waals surface area contributed by atoms with Gasteiger partial charge in [-0.05, 0) is 24.3 Å². The maximum Gasteiger partial charge on any atom is 0.322 e. The van der Waals surface area contributed by atoms with Gasteiger partial charge in [-0.2, -0.15) is 15.0 Å². The van der Waals surface area contributed by atoms with E-state index in [1.807, 2.05) is 48.7 Å². The Hall–Kier alpha value is -3.52. The van der Waals surface area contributed by atoms with Crippen molar-refractivity contribution < 1.29 is 9.47 Å². The Morgan fingerprint density at radius 2 is 1.93 bits per heavy atom. The van der Waals surface area contributed by atoms with Crippen molar-refractivity contribution in [3.8, 4) is 17.4 Å². The van der Waals surface area contributed by atoms with E-state index < -0.39 is 0 Å². The first-order valence-corrected chi connectivity index (χ1v) is 9.55. The van der Waals surface area contributed by atoms with Crippen LogP contribution in [0.2, 0.25) is 0 Å². The van der Waals surface area contributed by atoms with Gasteiger partial charge in [0.1, 0.15) is 6.61 Å². The highest BCUT2D eigenvalue weighted by atomic mass is 16.5. The molecule has 0 aliphatic carbocycles. The van der Waals surface area contributed by atoms with Crippen molar-refractivity contribution in [2.45, 2.75) is 6.61 Å². The number of nitrogens with zero attached hydrogens (tertiary/aromatic N) is 5. The topological polar surface area (TPSA) is 89.0 Å². The number of ether oxygens (including phenoxy) is 2. The van der Waals surface area contributed by atoms with E-state index in [-0.39, 0.29) is 6.01 Å². The number of aromatic nitrogens is 5. The number of benzene rings is 1. The number of morpholine rings is 1. The Bertz CT molecular complexity index is 1110. The molecule has 8 nitrogen and oxygen atoms in total. The van der Waals surface area contributed by atoms with Gasteiger partial charge in [0.2, 0.25) is 5.95 Å². The number of hydrogen-bond donors (Lipinski definition) is 1. The van der Waals surface area contributed by atoms with E-state index in [9.17, 15) is 0 Å². The zero-order valence-corrected chi connectivity index (χ0v) is 15.8. The molecule has 1 fully saturated rings. The van der Waals surface area contributed by atoms with Gasteiger partial charge in [0.25, 0.3) is 0 Å². The highest BCUT2D eigenvalue weighted by Crippen LogP contribution is 2.28. The van der Waals surface area contributed by atoms with Crippen molar-refractivity contribution in [3.05, 3.63) is 60.6 Å². The normalized spacial score (nSPS) is 14.3. The number of anilines is 1. The summed E-state index contributed by atoms with van der Waals surface area (Å²) in [5.41, 5.74) is 2.78. The van der Waals surface area contributed by atoms with E-state index in [0.717, 1.165) is 35.2 Å². The van der Waals surface area contributed by atoms with Gasteiger partial charge in [0.15, 0.2) is 5.82 Å². The fourth-order valence-electron chi connectivity index (χ4n) is 3.34. The average Bonchev–Trinajstić information content (AvgIpc) is 3.28. The van der Waals surface area contributed by atoms with Crippen LogP contribution in [0.3, 0.4) is 0 Å². The summed E-state index contributed by atoms with van der Waals surface area (Å²) in [6.45, 7) is 3.06. The van der Waals surface area contributed by atoms with E-state index >= 15 is 0 Å². The summed E-state index contributed by atoms with van der Waals surface area (Å²) < 4.78 is 11.4. The highest BCUT2D eigenvalue weighted by Gasteiger charge is 2.19. The molecule has 1 aromatic carbocycles. The standard InChI is InChI=1S/C21H20N6O2/c1-2-8-22-15(4-1)14-29-21-25-19(17-5-3-6-18-16(17)7-9-23-18)24-20(26-21)27-10-12-28-13-11-27/h1-9,23H,10-14H2. The minimum absolute atomic E-state index is 0.287. The lowest BCUT2D eigenvalue weighted by atomic mass is 10.1. The number of rotatable bonds is 5. The zero-order valence-electron chi connectivity index (χ0n) is 15.8. The number of pyridine rings is 1. The van der Waals surface area contributed by atoms with Crippen LogP contribution in [0.5, 0.6) is 6.01 Å². The number of hydrogen-bond acceptors (Lipinski definition) is 7. The summed E-state index contributed by atoms with van der Waals surface area (Å²) in [5.74, 6) is 1.18. The van der Waals surface area contributed by atoms with Crippen LogP contribution >= 0.6 is 0 Å². The van der Waals surface area contributed by atoms with Crippen LogP contribution in [0.25, 0.3) is 22.3 Å². The molecule has 1 aliphatic rings. The Morgan fingerprint density at radius 1 is 1.00 bits per heavy atom. The molecule has 0 amide bonds. The predicted molar refractivity (Wildman–Crippen MR) is 109 cm³/mol. The minimum Gasteiger partial charge on any atom is -0.457 e. The van der Waals surface area contributed by atoms with E-state index in [2.05, 4.69) is 24.8 Å². The van der Waals surface area contributed by atoms with Gasteiger partial charge in [0.05, 0.1) is 18.9 Å². The fourth-order valence-corrected chi connectivity index (χ4v) is 3.34. The smallest absolute Gasteiger partial charge is 0.322 e. The van der Waals surface area contributed by atoms with Gasteiger partial charge >= 0.3 is 6.01 Å². The summed E-state index contributed by atoms with van der Waals surface area (Å²) in [6, 6.07) is 14.0. The summed E-state index contributed by atoms with van der Waals surface area (Å²) >= 11 is 0. The lowest BCUT2D eigenvalue weighted by molar-refractivity contribution is 0.122. The first-order valence-electron chi connectivity index (χ1n) is 9.55. The number of fused-ring (bicyclic) bond motifs is 1. The van der Waals surface area contributed by atoms with Gasteiger partial charge in [-0.25, -0.2) is 0 Å². The summed E-state index contributed by atoms with van der Waals surface area (Å²) in [5, 5.41) is 1.06. The van der Waals surface area contributed by atoms with E-state index in [1.54, 1.807) is 6.20 Å². The quantitative estimate of drug-likeness (QED) is 0.562. The van der Waals surface area contributed by atoms with Gasteiger partial charge in [-0.1, -0.05) is 18.2 Å². The highest BCUT2D eigenvalue weighted by molar-refractivity contribution is 5.93. The fraction of sp³-hybridized carbons (Fsp3) is 0.238. The van der Waals surface area contributed by atoms with Gasteiger partial charge in [-0.3, -0.25) is 4.98 Å². The molecule has 146 valence electrons. The molecule has 1 N–H and O–H groups in total. The van der Waals surface area contributed by atoms with Crippen molar-refractivity contribution in [2.24, 2.45) is 0 Å². The second-order valence-corrected chi connectivity index (χ2v) is 6.70. The first kappa shape index (κ1) is 17.6. The third-order valence-electron chi connectivity index (χ3n) is 4.81. The van der Waals surface area contributed by atoms with Crippen molar-refractivity contribution >= 4 is 16.9 Å². The predicted octanol–water partition coefficient (Wildman–Crippen LogP) is 2.83. The van der Waals surface area contributed by atoms with Crippen LogP contribution in [-0.4, -0.2) is 51.2 Å². The molecular weight excluding hydrogens is 368 g/mol. The van der Waals surface area contributed by atoms with Crippen molar-refractivity contribution in [2.75, 3.05) is 31.2 Å². The molecule has 3 aromatic heterocycles. The van der Waals surface area contributed by atoms with Crippen LogP contribution < -0.4 is 9.64 Å². The Morgan fingerprint density at radius 3 is 2.79 bits per heavy atom. The molecule has 0 bridgehead atoms. The molecule has 4 aromatic rings. The lowest BCUT2D eigenvalue weighted by Crippen LogP contribution is -2.37. The summed E-state index contributed by atoms with van der Waals surface area (Å²) in [4.78, 5) is 23.5. The lowest BCUT2D eigenvalue weighted by Gasteiger charge is -2.27. The molecule has 0 unspecified atom stereocenters. The number of aromatic amines is 1. The molecule has 0 spiro atoms. The molecule has 0 atom stereocenters. The molecular formula is C21H20N6O2. The number of H-pyrrole nitrogens is 1. The summed E-state index contributed by atoms with van der Waals surface area (Å²) in [7, 11) is 0. The van der Waals surface area contributed by atoms with Crippen LogP contribution in [0.4, 0.5) is 5.95 Å². The van der Waals surface area contributed by atoms with Crippen LogP contribution in [0, 0.1) is 0 Å². The Balaban J connectivity index is 1.53. The molecule has 1 aliphatic heterocycles. The minimum atomic E-state index is 0.287. The molecule has 29 heavy (non-hydrogen) atoms. The van der Waals surface area contributed by atoms with Gasteiger partial charge in [-0.15, -0.1) is 0 Å². The maximum atomic E-state index is 5.89. The maximum absolute atomic E-state index is 5.89. The second-order valence-electron chi connectivity index (χ2n) is 6.70. The summed E-state index contributed by atoms with van der Waals surface area (Å²) in [6.07, 6.45) is 3.65. The molecule has 1 saturated heterocycles. The third kappa shape index (κ3) is 3.74. The van der Waals surface area contributed by atoms with E-state index in [0.29, 0.717) is 31.6 Å². The van der Waals surface area contributed by atoms with Crippen LogP contribution in [-0.2, 0) is 11.3 Å². The second kappa shape index (κ2) is 7.84. The third-order valence-corrected chi connectivity index (χ3v) is 4.81. The Kier molecular flexibility index (Phi) is 4.75. The number of nitrogens with one attached hydrogen (secondary N) is 1. The van der Waals surface area contributed by atoms with Gasteiger partial charge < -0.3 is 19.4 Å². The average molecular weight is 388 g/mol. The van der Waals surface area contributed by atoms with Gasteiger partial charge in [0, 0.05) is 41.9 Å². The first-order chi connectivity index (χ1) is 14.4. The van der Waals surface area contributed by atoms with Crippen molar-refractivity contribution in [1.82, 2.24) is 24.9 Å². The van der Waals surface area contributed by atoms with E-state index in [1.165, 1.54) is 0 Å². The SMILES string of the molecule is c1ccc(COc2nc(-c3cccc4[nH]ccc34)nc(N3CCOCC3)n2)nc1. The van der Waals surface area contributed by atoms with Crippen molar-refractivity contribution in [3.63, 3.8) is 0 Å². The largest absolute Gasteiger partial charge is 0.457 e. The Labute approximate surface area is 167 Å².